The van der Waals surface area contributed by atoms with Crippen LogP contribution in [-0.2, 0) is 4.74 Å². The van der Waals surface area contributed by atoms with Crippen molar-refractivity contribution in [3.05, 3.63) is 28.2 Å². The summed E-state index contributed by atoms with van der Waals surface area (Å²) >= 11 is 12.0. The third-order valence-electron chi connectivity index (χ3n) is 4.55. The first-order chi connectivity index (χ1) is 9.67. The van der Waals surface area contributed by atoms with Crippen LogP contribution >= 0.6 is 23.2 Å². The molecule has 3 rings (SSSR count). The van der Waals surface area contributed by atoms with Crippen LogP contribution in [0.1, 0.15) is 44.9 Å². The summed E-state index contributed by atoms with van der Waals surface area (Å²) < 4.78 is 6.13. The van der Waals surface area contributed by atoms with E-state index in [9.17, 15) is 0 Å². The highest BCUT2D eigenvalue weighted by atomic mass is 35.5. The molecule has 0 bridgehead atoms. The van der Waals surface area contributed by atoms with E-state index in [4.69, 9.17) is 27.9 Å². The quantitative estimate of drug-likeness (QED) is 0.801. The Kier molecular flexibility index (Phi) is 4.44. The number of halogens is 2. The number of hydrogen-bond acceptors (Lipinski definition) is 2. The zero-order chi connectivity index (χ0) is 14.0. The Morgan fingerprint density at radius 1 is 1.10 bits per heavy atom. The highest BCUT2D eigenvalue weighted by Crippen LogP contribution is 2.39. The lowest BCUT2D eigenvalue weighted by atomic mass is 9.78. The minimum Gasteiger partial charge on any atom is -0.382 e. The van der Waals surface area contributed by atoms with Gasteiger partial charge in [-0.3, -0.25) is 0 Å². The molecule has 1 atom stereocenters. The van der Waals surface area contributed by atoms with Crippen LogP contribution in [0.5, 0.6) is 0 Å². The minimum absolute atomic E-state index is 0.129. The summed E-state index contributed by atoms with van der Waals surface area (Å²) in [6, 6.07) is 6.23. The van der Waals surface area contributed by atoms with E-state index in [1.807, 2.05) is 18.2 Å². The summed E-state index contributed by atoms with van der Waals surface area (Å²) in [6.45, 7) is 0.860. The van der Waals surface area contributed by atoms with Crippen molar-refractivity contribution >= 4 is 28.9 Å². The maximum atomic E-state index is 6.13. The van der Waals surface area contributed by atoms with Gasteiger partial charge in [-0.05, 0) is 43.9 Å². The number of anilines is 1. The molecule has 1 N–H and O–H groups in total. The molecule has 0 amide bonds. The Hall–Kier alpha value is -0.440. The molecule has 0 aromatic heterocycles. The SMILES string of the molecule is Clc1ccc(NC2CCOC3(CCCCC3)C2)cc1Cl. The Bertz CT molecular complexity index is 466. The number of nitrogens with one attached hydrogen (secondary N) is 1. The van der Waals surface area contributed by atoms with Crippen molar-refractivity contribution in [2.24, 2.45) is 0 Å². The lowest BCUT2D eigenvalue weighted by Crippen LogP contribution is -2.45. The molecular formula is C16H21Cl2NO. The molecule has 1 saturated carbocycles. The molecule has 1 spiro atoms. The fourth-order valence-corrected chi connectivity index (χ4v) is 3.82. The molecule has 2 fully saturated rings. The first-order valence-electron chi connectivity index (χ1n) is 7.52. The van der Waals surface area contributed by atoms with Gasteiger partial charge in [-0.15, -0.1) is 0 Å². The summed E-state index contributed by atoms with van der Waals surface area (Å²) in [7, 11) is 0. The van der Waals surface area contributed by atoms with E-state index in [1.165, 1.54) is 32.1 Å². The van der Waals surface area contributed by atoms with Crippen LogP contribution in [0.25, 0.3) is 0 Å². The molecule has 1 heterocycles. The minimum atomic E-state index is 0.129. The molecule has 2 nitrogen and oxygen atoms in total. The molecule has 4 heteroatoms. The molecule has 1 aliphatic carbocycles. The van der Waals surface area contributed by atoms with Gasteiger partial charge in [-0.1, -0.05) is 42.5 Å². The average molecular weight is 314 g/mol. The van der Waals surface area contributed by atoms with Crippen molar-refractivity contribution < 1.29 is 4.74 Å². The second-order valence-corrected chi connectivity index (χ2v) is 6.87. The van der Waals surface area contributed by atoms with Crippen molar-refractivity contribution in [1.29, 1.82) is 0 Å². The van der Waals surface area contributed by atoms with Crippen molar-refractivity contribution in [3.63, 3.8) is 0 Å². The van der Waals surface area contributed by atoms with Crippen LogP contribution in [0, 0.1) is 0 Å². The summed E-state index contributed by atoms with van der Waals surface area (Å²) in [5, 5.41) is 4.81. The van der Waals surface area contributed by atoms with Gasteiger partial charge in [0, 0.05) is 18.3 Å². The molecular weight excluding hydrogens is 293 g/mol. The Labute approximate surface area is 130 Å². The van der Waals surface area contributed by atoms with E-state index in [0.717, 1.165) is 25.1 Å². The summed E-state index contributed by atoms with van der Waals surface area (Å²) in [5.74, 6) is 0. The number of rotatable bonds is 2. The molecule has 1 saturated heterocycles. The van der Waals surface area contributed by atoms with Crippen LogP contribution < -0.4 is 5.32 Å². The second-order valence-electron chi connectivity index (χ2n) is 6.06. The summed E-state index contributed by atoms with van der Waals surface area (Å²) in [4.78, 5) is 0. The predicted molar refractivity (Wildman–Crippen MR) is 84.9 cm³/mol. The van der Waals surface area contributed by atoms with Gasteiger partial charge in [0.2, 0.25) is 0 Å². The zero-order valence-corrected chi connectivity index (χ0v) is 13.1. The van der Waals surface area contributed by atoms with Crippen molar-refractivity contribution in [1.82, 2.24) is 0 Å². The van der Waals surface area contributed by atoms with Gasteiger partial charge in [-0.25, -0.2) is 0 Å². The smallest absolute Gasteiger partial charge is 0.0702 e. The normalized spacial score (nSPS) is 25.6. The van der Waals surface area contributed by atoms with Crippen molar-refractivity contribution in [2.45, 2.75) is 56.6 Å². The molecule has 110 valence electrons. The van der Waals surface area contributed by atoms with Crippen molar-refractivity contribution in [3.8, 4) is 0 Å². The van der Waals surface area contributed by atoms with Gasteiger partial charge in [0.05, 0.1) is 15.6 Å². The van der Waals surface area contributed by atoms with Gasteiger partial charge in [0.1, 0.15) is 0 Å². The highest BCUT2D eigenvalue weighted by molar-refractivity contribution is 6.42. The maximum absolute atomic E-state index is 6.13. The molecule has 1 unspecified atom stereocenters. The van der Waals surface area contributed by atoms with Crippen LogP contribution in [0.4, 0.5) is 5.69 Å². The largest absolute Gasteiger partial charge is 0.382 e. The Morgan fingerprint density at radius 3 is 2.65 bits per heavy atom. The van der Waals surface area contributed by atoms with Crippen LogP contribution in [0.2, 0.25) is 10.0 Å². The van der Waals surface area contributed by atoms with E-state index in [2.05, 4.69) is 5.32 Å². The maximum Gasteiger partial charge on any atom is 0.0702 e. The molecule has 1 aromatic rings. The number of hydrogen-bond donors (Lipinski definition) is 1. The first-order valence-corrected chi connectivity index (χ1v) is 8.28. The highest BCUT2D eigenvalue weighted by Gasteiger charge is 2.38. The molecule has 2 aliphatic rings. The Morgan fingerprint density at radius 2 is 1.90 bits per heavy atom. The van der Waals surface area contributed by atoms with E-state index in [-0.39, 0.29) is 5.60 Å². The summed E-state index contributed by atoms with van der Waals surface area (Å²) in [5.41, 5.74) is 1.18. The predicted octanol–water partition coefficient (Wildman–Crippen LogP) is 5.29. The van der Waals surface area contributed by atoms with E-state index in [1.54, 1.807) is 0 Å². The van der Waals surface area contributed by atoms with E-state index in [0.29, 0.717) is 16.1 Å². The van der Waals surface area contributed by atoms with Crippen LogP contribution in [-0.4, -0.2) is 18.2 Å². The lowest BCUT2D eigenvalue weighted by molar-refractivity contribution is -0.103. The first kappa shape index (κ1) is 14.5. The number of ether oxygens (including phenoxy) is 1. The lowest BCUT2D eigenvalue weighted by Gasteiger charge is -2.44. The monoisotopic (exact) mass is 313 g/mol. The van der Waals surface area contributed by atoms with Gasteiger partial charge in [0.25, 0.3) is 0 Å². The fraction of sp³-hybridized carbons (Fsp3) is 0.625. The molecule has 1 aliphatic heterocycles. The number of benzene rings is 1. The fourth-order valence-electron chi connectivity index (χ4n) is 3.52. The van der Waals surface area contributed by atoms with Crippen LogP contribution in [0.3, 0.4) is 0 Å². The van der Waals surface area contributed by atoms with Crippen LogP contribution in [0.15, 0.2) is 18.2 Å². The van der Waals surface area contributed by atoms with Gasteiger partial charge in [-0.2, -0.15) is 0 Å². The Balaban J connectivity index is 1.66. The third kappa shape index (κ3) is 3.24. The average Bonchev–Trinajstić information content (AvgIpc) is 2.44. The van der Waals surface area contributed by atoms with Gasteiger partial charge in [0.15, 0.2) is 0 Å². The van der Waals surface area contributed by atoms with Gasteiger partial charge >= 0.3 is 0 Å². The van der Waals surface area contributed by atoms with E-state index >= 15 is 0 Å². The van der Waals surface area contributed by atoms with Crippen molar-refractivity contribution in [2.75, 3.05) is 11.9 Å². The second kappa shape index (κ2) is 6.13. The van der Waals surface area contributed by atoms with E-state index < -0.39 is 0 Å². The van der Waals surface area contributed by atoms with Gasteiger partial charge < -0.3 is 10.1 Å². The topological polar surface area (TPSA) is 21.3 Å². The summed E-state index contributed by atoms with van der Waals surface area (Å²) in [6.07, 6.45) is 8.56. The molecule has 0 radical (unpaired) electrons. The third-order valence-corrected chi connectivity index (χ3v) is 5.29. The zero-order valence-electron chi connectivity index (χ0n) is 11.6. The molecule has 1 aromatic carbocycles. The molecule has 20 heavy (non-hydrogen) atoms. The standard InChI is InChI=1S/C16H21Cl2NO/c17-14-5-4-12(10-15(14)18)19-13-6-9-20-16(11-13)7-2-1-3-8-16/h4-5,10,13,19H,1-3,6-9,11H2.